The summed E-state index contributed by atoms with van der Waals surface area (Å²) in [5.74, 6) is 0.801. The molecule has 0 bridgehead atoms. The topological polar surface area (TPSA) is 26.0 Å². The summed E-state index contributed by atoms with van der Waals surface area (Å²) in [6.45, 7) is 2.22. The lowest BCUT2D eigenvalue weighted by Gasteiger charge is -2.01. The predicted octanol–water partition coefficient (Wildman–Crippen LogP) is 2.04. The Bertz CT molecular complexity index is 116. The molecule has 1 aliphatic carbocycles. The summed E-state index contributed by atoms with van der Waals surface area (Å²) in [4.78, 5) is 0. The summed E-state index contributed by atoms with van der Waals surface area (Å²) in [7, 11) is 0. The van der Waals surface area contributed by atoms with Crippen molar-refractivity contribution >= 4 is 0 Å². The minimum atomic E-state index is 0.801. The SMILES string of the molecule is CCCC1C=C(N)CC1. The standard InChI is InChI=1S/C8H15N/c1-2-3-7-4-5-8(9)6-7/h6-7H,2-5,9H2,1H3. The number of nitrogens with two attached hydrogens (primary N) is 1. The van der Waals surface area contributed by atoms with Crippen LogP contribution >= 0.6 is 0 Å². The molecule has 1 heteroatoms. The normalized spacial score (nSPS) is 26.3. The van der Waals surface area contributed by atoms with E-state index in [4.69, 9.17) is 5.73 Å². The van der Waals surface area contributed by atoms with E-state index in [2.05, 4.69) is 13.0 Å². The van der Waals surface area contributed by atoms with E-state index in [9.17, 15) is 0 Å². The van der Waals surface area contributed by atoms with E-state index >= 15 is 0 Å². The van der Waals surface area contributed by atoms with Gasteiger partial charge in [-0.2, -0.15) is 0 Å². The van der Waals surface area contributed by atoms with Gasteiger partial charge < -0.3 is 5.73 Å². The molecule has 1 nitrogen and oxygen atoms in total. The maximum atomic E-state index is 5.62. The van der Waals surface area contributed by atoms with Crippen LogP contribution in [0.4, 0.5) is 0 Å². The first-order valence-electron chi connectivity index (χ1n) is 3.79. The zero-order chi connectivity index (χ0) is 6.69. The Morgan fingerprint density at radius 2 is 2.56 bits per heavy atom. The fourth-order valence-corrected chi connectivity index (χ4v) is 1.42. The first-order chi connectivity index (χ1) is 4.33. The van der Waals surface area contributed by atoms with Crippen molar-refractivity contribution in [2.75, 3.05) is 0 Å². The minimum Gasteiger partial charge on any atom is -0.402 e. The lowest BCUT2D eigenvalue weighted by molar-refractivity contribution is 0.568. The van der Waals surface area contributed by atoms with Crippen molar-refractivity contribution in [2.45, 2.75) is 32.6 Å². The molecular weight excluding hydrogens is 110 g/mol. The molecule has 0 saturated carbocycles. The monoisotopic (exact) mass is 125 g/mol. The van der Waals surface area contributed by atoms with E-state index in [-0.39, 0.29) is 0 Å². The van der Waals surface area contributed by atoms with Crippen LogP contribution in [0.3, 0.4) is 0 Å². The summed E-state index contributed by atoms with van der Waals surface area (Å²) in [5, 5.41) is 0. The van der Waals surface area contributed by atoms with Crippen LogP contribution in [0.15, 0.2) is 11.8 Å². The zero-order valence-electron chi connectivity index (χ0n) is 6.06. The first kappa shape index (κ1) is 6.66. The largest absolute Gasteiger partial charge is 0.402 e. The molecule has 1 unspecified atom stereocenters. The third-order valence-corrected chi connectivity index (χ3v) is 1.91. The van der Waals surface area contributed by atoms with Crippen molar-refractivity contribution in [3.8, 4) is 0 Å². The summed E-state index contributed by atoms with van der Waals surface area (Å²) in [6, 6.07) is 0. The second kappa shape index (κ2) is 2.90. The van der Waals surface area contributed by atoms with Crippen LogP contribution < -0.4 is 5.73 Å². The third kappa shape index (κ3) is 1.74. The molecule has 0 amide bonds. The Morgan fingerprint density at radius 1 is 1.78 bits per heavy atom. The van der Waals surface area contributed by atoms with Gasteiger partial charge >= 0.3 is 0 Å². The lowest BCUT2D eigenvalue weighted by Crippen LogP contribution is -1.89. The molecule has 52 valence electrons. The highest BCUT2D eigenvalue weighted by Gasteiger charge is 2.11. The van der Waals surface area contributed by atoms with Gasteiger partial charge in [-0.25, -0.2) is 0 Å². The number of allylic oxidation sites excluding steroid dienone is 2. The van der Waals surface area contributed by atoms with E-state index in [0.29, 0.717) is 0 Å². The Morgan fingerprint density at radius 3 is 3.00 bits per heavy atom. The lowest BCUT2D eigenvalue weighted by atomic mass is 10.0. The van der Waals surface area contributed by atoms with E-state index in [1.54, 1.807) is 0 Å². The molecule has 0 heterocycles. The van der Waals surface area contributed by atoms with Crippen LogP contribution in [0, 0.1) is 5.92 Å². The Balaban J connectivity index is 2.29. The van der Waals surface area contributed by atoms with Crippen LogP contribution in [-0.4, -0.2) is 0 Å². The van der Waals surface area contributed by atoms with Gasteiger partial charge in [-0.15, -0.1) is 0 Å². The molecule has 1 rings (SSSR count). The van der Waals surface area contributed by atoms with Crippen LogP contribution in [-0.2, 0) is 0 Å². The molecule has 0 fully saturated rings. The second-order valence-electron chi connectivity index (χ2n) is 2.83. The maximum Gasteiger partial charge on any atom is 0.00430 e. The van der Waals surface area contributed by atoms with Crippen LogP contribution in [0.1, 0.15) is 32.6 Å². The zero-order valence-corrected chi connectivity index (χ0v) is 6.06. The average molecular weight is 125 g/mol. The molecule has 0 aromatic rings. The van der Waals surface area contributed by atoms with Crippen molar-refractivity contribution in [1.29, 1.82) is 0 Å². The minimum absolute atomic E-state index is 0.801. The predicted molar refractivity (Wildman–Crippen MR) is 39.9 cm³/mol. The van der Waals surface area contributed by atoms with Gasteiger partial charge in [-0.05, 0) is 25.2 Å². The molecule has 0 saturated heterocycles. The Kier molecular flexibility index (Phi) is 2.15. The van der Waals surface area contributed by atoms with Crippen molar-refractivity contribution in [1.82, 2.24) is 0 Å². The van der Waals surface area contributed by atoms with Gasteiger partial charge in [0.25, 0.3) is 0 Å². The number of rotatable bonds is 2. The molecule has 0 aliphatic heterocycles. The highest BCUT2D eigenvalue weighted by molar-refractivity contribution is 5.06. The number of hydrogen-bond donors (Lipinski definition) is 1. The van der Waals surface area contributed by atoms with Crippen molar-refractivity contribution < 1.29 is 0 Å². The summed E-state index contributed by atoms with van der Waals surface area (Å²) in [6.07, 6.45) is 7.25. The first-order valence-corrected chi connectivity index (χ1v) is 3.79. The van der Waals surface area contributed by atoms with E-state index in [0.717, 1.165) is 18.0 Å². The van der Waals surface area contributed by atoms with Gasteiger partial charge in [-0.1, -0.05) is 19.4 Å². The van der Waals surface area contributed by atoms with Crippen molar-refractivity contribution in [2.24, 2.45) is 11.7 Å². The third-order valence-electron chi connectivity index (χ3n) is 1.91. The molecule has 1 atom stereocenters. The average Bonchev–Trinajstić information content (AvgIpc) is 2.17. The van der Waals surface area contributed by atoms with Gasteiger partial charge in [-0.3, -0.25) is 0 Å². The van der Waals surface area contributed by atoms with Crippen LogP contribution in [0.5, 0.6) is 0 Å². The Hall–Kier alpha value is -0.460. The molecule has 2 N–H and O–H groups in total. The molecule has 0 aromatic carbocycles. The van der Waals surface area contributed by atoms with E-state index in [1.807, 2.05) is 0 Å². The van der Waals surface area contributed by atoms with E-state index in [1.165, 1.54) is 19.3 Å². The van der Waals surface area contributed by atoms with Gasteiger partial charge in [0, 0.05) is 5.70 Å². The van der Waals surface area contributed by atoms with Crippen molar-refractivity contribution in [3.05, 3.63) is 11.8 Å². The van der Waals surface area contributed by atoms with E-state index < -0.39 is 0 Å². The fraction of sp³-hybridized carbons (Fsp3) is 0.750. The second-order valence-corrected chi connectivity index (χ2v) is 2.83. The van der Waals surface area contributed by atoms with Crippen molar-refractivity contribution in [3.63, 3.8) is 0 Å². The summed E-state index contributed by atoms with van der Waals surface area (Å²) < 4.78 is 0. The van der Waals surface area contributed by atoms with Gasteiger partial charge in [0.1, 0.15) is 0 Å². The van der Waals surface area contributed by atoms with Gasteiger partial charge in [0.15, 0.2) is 0 Å². The molecular formula is C8H15N. The summed E-state index contributed by atoms with van der Waals surface area (Å²) in [5.41, 5.74) is 6.72. The van der Waals surface area contributed by atoms with Crippen LogP contribution in [0.25, 0.3) is 0 Å². The fourth-order valence-electron chi connectivity index (χ4n) is 1.42. The summed E-state index contributed by atoms with van der Waals surface area (Å²) >= 11 is 0. The Labute approximate surface area is 56.9 Å². The smallest absolute Gasteiger partial charge is 0.00430 e. The highest BCUT2D eigenvalue weighted by Crippen LogP contribution is 2.24. The molecule has 0 spiro atoms. The molecule has 0 aromatic heterocycles. The number of hydrogen-bond acceptors (Lipinski definition) is 1. The van der Waals surface area contributed by atoms with Gasteiger partial charge in [0.05, 0.1) is 0 Å². The molecule has 1 aliphatic rings. The highest BCUT2D eigenvalue weighted by atomic mass is 14.6. The van der Waals surface area contributed by atoms with Crippen LogP contribution in [0.2, 0.25) is 0 Å². The molecule has 0 radical (unpaired) electrons. The van der Waals surface area contributed by atoms with Gasteiger partial charge in [0.2, 0.25) is 0 Å². The molecule has 9 heavy (non-hydrogen) atoms. The quantitative estimate of drug-likeness (QED) is 0.600. The maximum absolute atomic E-state index is 5.62.